The Kier molecular flexibility index (Phi) is 7.88. The summed E-state index contributed by atoms with van der Waals surface area (Å²) in [6, 6.07) is 18.8. The Bertz CT molecular complexity index is 1250. The molecule has 174 valence electrons. The minimum Gasteiger partial charge on any atom is -0.497 e. The van der Waals surface area contributed by atoms with Crippen molar-refractivity contribution in [1.29, 1.82) is 0 Å². The van der Waals surface area contributed by atoms with Crippen LogP contribution in [0.5, 0.6) is 11.5 Å². The number of aryl methyl sites for hydroxylation is 1. The number of nitrogens with one attached hydrogen (secondary N) is 1. The number of carbonyl (C=O) groups excluding carboxylic acids is 1. The fourth-order valence-electron chi connectivity index (χ4n) is 3.25. The minimum absolute atomic E-state index is 0.0230. The number of anilines is 2. The summed E-state index contributed by atoms with van der Waals surface area (Å²) in [5.41, 5.74) is 1.66. The molecule has 0 spiro atoms. The average Bonchev–Trinajstić information content (AvgIpc) is 2.82. The van der Waals surface area contributed by atoms with Crippen LogP contribution in [0, 0.1) is 6.92 Å². The molecule has 0 aromatic heterocycles. The number of sulfonamides is 1. The van der Waals surface area contributed by atoms with Gasteiger partial charge in [-0.25, -0.2) is 8.42 Å². The second kappa shape index (κ2) is 10.6. The van der Waals surface area contributed by atoms with Crippen molar-refractivity contribution in [2.24, 2.45) is 0 Å². The number of hydrogen-bond donors (Lipinski definition) is 1. The molecule has 0 aliphatic rings. The topological polar surface area (TPSA) is 84.9 Å². The molecule has 0 fully saturated rings. The summed E-state index contributed by atoms with van der Waals surface area (Å²) in [5, 5.41) is 2.83. The van der Waals surface area contributed by atoms with Crippen LogP contribution in [0.3, 0.4) is 0 Å². The van der Waals surface area contributed by atoms with E-state index < -0.39 is 22.5 Å². The number of hydrogen-bond acceptors (Lipinski definition) is 6. The zero-order valence-corrected chi connectivity index (χ0v) is 20.5. The van der Waals surface area contributed by atoms with Gasteiger partial charge in [-0.05, 0) is 55.1 Å². The molecule has 0 atom stereocenters. The number of carbonyl (C=O) groups is 1. The van der Waals surface area contributed by atoms with E-state index in [0.29, 0.717) is 17.1 Å². The number of ether oxygens (including phenoxy) is 2. The molecule has 0 radical (unpaired) electrons. The number of rotatable bonds is 9. The second-order valence-electron chi connectivity index (χ2n) is 7.12. The zero-order chi connectivity index (χ0) is 24.0. The Labute approximate surface area is 198 Å². The lowest BCUT2D eigenvalue weighted by atomic mass is 10.2. The van der Waals surface area contributed by atoms with Crippen molar-refractivity contribution in [3.05, 3.63) is 72.3 Å². The van der Waals surface area contributed by atoms with Crippen molar-refractivity contribution in [2.45, 2.75) is 16.7 Å². The fourth-order valence-corrected chi connectivity index (χ4v) is 5.46. The predicted molar refractivity (Wildman–Crippen MR) is 132 cm³/mol. The van der Waals surface area contributed by atoms with Crippen LogP contribution in [0.4, 0.5) is 11.4 Å². The molecule has 1 amide bonds. The van der Waals surface area contributed by atoms with Crippen LogP contribution < -0.4 is 19.1 Å². The van der Waals surface area contributed by atoms with Crippen molar-refractivity contribution in [2.75, 3.05) is 36.6 Å². The maximum Gasteiger partial charge on any atom is 0.268 e. The van der Waals surface area contributed by atoms with Crippen LogP contribution in [0.1, 0.15) is 5.56 Å². The first-order chi connectivity index (χ1) is 15.8. The molecule has 0 bridgehead atoms. The van der Waals surface area contributed by atoms with E-state index in [1.165, 1.54) is 32.0 Å². The van der Waals surface area contributed by atoms with Crippen molar-refractivity contribution in [1.82, 2.24) is 0 Å². The molecule has 3 aromatic carbocycles. The lowest BCUT2D eigenvalue weighted by Gasteiger charge is -2.25. The molecule has 9 heteroatoms. The third-order valence-corrected chi connectivity index (χ3v) is 7.49. The molecule has 0 heterocycles. The molecule has 33 heavy (non-hydrogen) atoms. The highest BCUT2D eigenvalue weighted by Crippen LogP contribution is 2.32. The van der Waals surface area contributed by atoms with Gasteiger partial charge in [0, 0.05) is 11.0 Å². The highest BCUT2D eigenvalue weighted by Gasteiger charge is 2.30. The van der Waals surface area contributed by atoms with Gasteiger partial charge in [-0.2, -0.15) is 0 Å². The van der Waals surface area contributed by atoms with Gasteiger partial charge in [0.25, 0.3) is 10.0 Å². The molecule has 0 aliphatic carbocycles. The summed E-state index contributed by atoms with van der Waals surface area (Å²) in [6.45, 7) is 1.36. The highest BCUT2D eigenvalue weighted by atomic mass is 32.2. The highest BCUT2D eigenvalue weighted by molar-refractivity contribution is 7.98. The van der Waals surface area contributed by atoms with E-state index in [9.17, 15) is 13.2 Å². The van der Waals surface area contributed by atoms with Gasteiger partial charge in [-0.1, -0.05) is 24.3 Å². The number of thioether (sulfide) groups is 1. The van der Waals surface area contributed by atoms with Gasteiger partial charge in [0.15, 0.2) is 0 Å². The molecule has 3 aromatic rings. The third kappa shape index (κ3) is 5.61. The molecular weight excluding hydrogens is 460 g/mol. The predicted octanol–water partition coefficient (Wildman–Crippen LogP) is 4.57. The van der Waals surface area contributed by atoms with Gasteiger partial charge in [-0.3, -0.25) is 9.10 Å². The van der Waals surface area contributed by atoms with Gasteiger partial charge in [0.2, 0.25) is 5.91 Å². The van der Waals surface area contributed by atoms with Gasteiger partial charge in [-0.15, -0.1) is 11.8 Å². The molecule has 0 unspecified atom stereocenters. The van der Waals surface area contributed by atoms with Crippen LogP contribution in [0.2, 0.25) is 0 Å². The Hall–Kier alpha value is -3.17. The largest absolute Gasteiger partial charge is 0.497 e. The Morgan fingerprint density at radius 3 is 2.45 bits per heavy atom. The van der Waals surface area contributed by atoms with Crippen molar-refractivity contribution in [3.63, 3.8) is 0 Å². The molecule has 0 saturated carbocycles. The number of benzene rings is 3. The van der Waals surface area contributed by atoms with Crippen molar-refractivity contribution >= 4 is 39.1 Å². The number of amides is 1. The van der Waals surface area contributed by atoms with Crippen LogP contribution in [-0.2, 0) is 14.8 Å². The summed E-state index contributed by atoms with van der Waals surface area (Å²) >= 11 is 1.49. The molecule has 7 nitrogen and oxygen atoms in total. The SMILES string of the molecule is COc1cccc(N(CC(=O)Nc2ccccc2SC)S(=O)(=O)c2cc(C)ccc2OC)c1. The summed E-state index contributed by atoms with van der Waals surface area (Å²) in [6.07, 6.45) is 1.90. The van der Waals surface area contributed by atoms with Crippen LogP contribution >= 0.6 is 11.8 Å². The average molecular weight is 487 g/mol. The van der Waals surface area contributed by atoms with Crippen molar-refractivity contribution < 1.29 is 22.7 Å². The van der Waals surface area contributed by atoms with Crippen molar-refractivity contribution in [3.8, 4) is 11.5 Å². The molecule has 0 saturated heterocycles. The van der Waals surface area contributed by atoms with E-state index in [1.54, 1.807) is 49.4 Å². The molecule has 0 aliphatic heterocycles. The van der Waals surface area contributed by atoms with Crippen LogP contribution in [0.15, 0.2) is 76.5 Å². The Morgan fingerprint density at radius 1 is 1.00 bits per heavy atom. The minimum atomic E-state index is -4.16. The first-order valence-electron chi connectivity index (χ1n) is 10.0. The van der Waals surface area contributed by atoms with E-state index in [0.717, 1.165) is 14.8 Å². The third-order valence-electron chi connectivity index (χ3n) is 4.90. The van der Waals surface area contributed by atoms with E-state index in [1.807, 2.05) is 24.5 Å². The molecular formula is C24H26N2O5S2. The Balaban J connectivity index is 2.05. The fraction of sp³-hybridized carbons (Fsp3) is 0.208. The number of methoxy groups -OCH3 is 2. The molecule has 1 N–H and O–H groups in total. The summed E-state index contributed by atoms with van der Waals surface area (Å²) in [5.74, 6) is 0.188. The first-order valence-corrected chi connectivity index (χ1v) is 12.7. The van der Waals surface area contributed by atoms with Crippen LogP contribution in [-0.4, -0.2) is 41.3 Å². The van der Waals surface area contributed by atoms with E-state index >= 15 is 0 Å². The summed E-state index contributed by atoms with van der Waals surface area (Å²) < 4.78 is 39.2. The lowest BCUT2D eigenvalue weighted by molar-refractivity contribution is -0.114. The number of para-hydroxylation sites is 1. The Morgan fingerprint density at radius 2 is 1.76 bits per heavy atom. The first kappa shape index (κ1) is 24.5. The zero-order valence-electron chi connectivity index (χ0n) is 18.9. The standard InChI is InChI=1S/C24H26N2O5S2/c1-17-12-13-21(31-3)23(14-17)33(28,29)26(18-8-7-9-19(15-18)30-2)16-24(27)25-20-10-5-6-11-22(20)32-4/h5-15H,16H2,1-4H3,(H,25,27). The second-order valence-corrected chi connectivity index (χ2v) is 9.79. The lowest BCUT2D eigenvalue weighted by Crippen LogP contribution is -2.38. The van der Waals surface area contributed by atoms with Gasteiger partial charge >= 0.3 is 0 Å². The van der Waals surface area contributed by atoms with Gasteiger partial charge in [0.1, 0.15) is 22.9 Å². The van der Waals surface area contributed by atoms with E-state index in [-0.39, 0.29) is 10.6 Å². The maximum atomic E-state index is 13.8. The van der Waals surface area contributed by atoms with Gasteiger partial charge in [0.05, 0.1) is 25.6 Å². The van der Waals surface area contributed by atoms with Crippen LogP contribution in [0.25, 0.3) is 0 Å². The quantitative estimate of drug-likeness (QED) is 0.446. The van der Waals surface area contributed by atoms with Gasteiger partial charge < -0.3 is 14.8 Å². The number of nitrogens with zero attached hydrogens (tertiary/aromatic N) is 1. The maximum absolute atomic E-state index is 13.8. The normalized spacial score (nSPS) is 11.0. The molecule has 3 rings (SSSR count). The summed E-state index contributed by atoms with van der Waals surface area (Å²) in [7, 11) is -1.26. The smallest absolute Gasteiger partial charge is 0.268 e. The van der Waals surface area contributed by atoms with E-state index in [4.69, 9.17) is 9.47 Å². The summed E-state index contributed by atoms with van der Waals surface area (Å²) in [4.78, 5) is 13.9. The monoisotopic (exact) mass is 486 g/mol. The van der Waals surface area contributed by atoms with E-state index in [2.05, 4.69) is 5.32 Å².